The summed E-state index contributed by atoms with van der Waals surface area (Å²) >= 11 is 0. The number of hydroxylamine groups is 2. The number of amides is 1. The van der Waals surface area contributed by atoms with Gasteiger partial charge >= 0.3 is 5.97 Å². The highest BCUT2D eigenvalue weighted by Crippen LogP contribution is 2.53. The zero-order valence-electron chi connectivity index (χ0n) is 14.6. The van der Waals surface area contributed by atoms with Crippen LogP contribution in [-0.4, -0.2) is 28.1 Å². The second kappa shape index (κ2) is 6.20. The smallest absolute Gasteiger partial charge is 0.307 e. The van der Waals surface area contributed by atoms with Crippen LogP contribution in [0.3, 0.4) is 0 Å². The summed E-state index contributed by atoms with van der Waals surface area (Å²) in [4.78, 5) is 30.4. The molecule has 2 aliphatic rings. The Morgan fingerprint density at radius 1 is 1.25 bits per heavy atom. The summed E-state index contributed by atoms with van der Waals surface area (Å²) in [6, 6.07) is 9.77. The first-order chi connectivity index (χ1) is 11.3. The molecule has 130 valence electrons. The number of esters is 1. The molecular formula is C19H25NO4. The van der Waals surface area contributed by atoms with Crippen molar-refractivity contribution in [2.45, 2.75) is 64.2 Å². The molecule has 1 amide bonds. The number of hydrogen-bond acceptors (Lipinski definition) is 4. The molecule has 0 radical (unpaired) electrons. The summed E-state index contributed by atoms with van der Waals surface area (Å²) in [6.07, 6.45) is 2.98. The van der Waals surface area contributed by atoms with Crippen LogP contribution in [0.4, 0.5) is 0 Å². The Hall–Kier alpha value is -1.88. The molecule has 3 rings (SSSR count). The third-order valence-corrected chi connectivity index (χ3v) is 4.76. The van der Waals surface area contributed by atoms with E-state index in [-0.39, 0.29) is 29.8 Å². The third kappa shape index (κ3) is 3.18. The summed E-state index contributed by atoms with van der Waals surface area (Å²) in [7, 11) is 0. The molecule has 0 bridgehead atoms. The van der Waals surface area contributed by atoms with Gasteiger partial charge in [-0.1, -0.05) is 30.3 Å². The minimum Gasteiger partial charge on any atom is -0.460 e. The van der Waals surface area contributed by atoms with E-state index in [1.165, 1.54) is 5.06 Å². The Morgan fingerprint density at radius 3 is 2.46 bits per heavy atom. The van der Waals surface area contributed by atoms with Gasteiger partial charge in [-0.15, -0.1) is 0 Å². The fourth-order valence-corrected chi connectivity index (χ4v) is 3.49. The van der Waals surface area contributed by atoms with Gasteiger partial charge in [0.25, 0.3) is 5.91 Å². The molecule has 0 N–H and O–H groups in total. The van der Waals surface area contributed by atoms with Crippen LogP contribution in [0, 0.1) is 5.92 Å². The van der Waals surface area contributed by atoms with E-state index in [1.54, 1.807) is 0 Å². The normalized spacial score (nSPS) is 22.0. The van der Waals surface area contributed by atoms with Crippen LogP contribution in [0.5, 0.6) is 0 Å². The highest BCUT2D eigenvalue weighted by molar-refractivity contribution is 5.91. The van der Waals surface area contributed by atoms with Gasteiger partial charge in [-0.25, -0.2) is 5.06 Å². The van der Waals surface area contributed by atoms with Gasteiger partial charge in [-0.2, -0.15) is 0 Å². The first kappa shape index (κ1) is 17.0. The number of rotatable bonds is 5. The standard InChI is InChI=1S/C19H25NO4/c1-18(2,3)24-16(21)12-15-17(22)20(19(15)10-7-11-19)23-13-14-8-5-4-6-9-14/h4-6,8-9,15H,7,10-13H2,1-3H3. The van der Waals surface area contributed by atoms with Gasteiger partial charge in [0.15, 0.2) is 0 Å². The molecule has 5 heteroatoms. The van der Waals surface area contributed by atoms with Crippen molar-refractivity contribution < 1.29 is 19.2 Å². The predicted octanol–water partition coefficient (Wildman–Crippen LogP) is 3.23. The van der Waals surface area contributed by atoms with Crippen molar-refractivity contribution in [1.29, 1.82) is 0 Å². The Bertz CT molecular complexity index is 616. The first-order valence-corrected chi connectivity index (χ1v) is 8.55. The van der Waals surface area contributed by atoms with E-state index in [4.69, 9.17) is 9.57 Å². The van der Waals surface area contributed by atoms with Crippen LogP contribution in [-0.2, 0) is 25.8 Å². The van der Waals surface area contributed by atoms with E-state index in [0.717, 1.165) is 24.8 Å². The molecule has 1 heterocycles. The fourth-order valence-electron chi connectivity index (χ4n) is 3.49. The van der Waals surface area contributed by atoms with E-state index < -0.39 is 5.60 Å². The Balaban J connectivity index is 1.60. The van der Waals surface area contributed by atoms with Gasteiger partial charge in [0.2, 0.25) is 0 Å². The van der Waals surface area contributed by atoms with Gasteiger partial charge in [-0.3, -0.25) is 14.4 Å². The zero-order chi connectivity index (χ0) is 17.4. The van der Waals surface area contributed by atoms with Crippen LogP contribution in [0.25, 0.3) is 0 Å². The van der Waals surface area contributed by atoms with Crippen LogP contribution in [0.1, 0.15) is 52.0 Å². The van der Waals surface area contributed by atoms with Crippen LogP contribution >= 0.6 is 0 Å². The lowest BCUT2D eigenvalue weighted by Crippen LogP contribution is -2.73. The molecule has 1 aromatic carbocycles. The summed E-state index contributed by atoms with van der Waals surface area (Å²) in [5.74, 6) is -0.719. The zero-order valence-corrected chi connectivity index (χ0v) is 14.6. The average molecular weight is 331 g/mol. The van der Waals surface area contributed by atoms with E-state index in [1.807, 2.05) is 51.1 Å². The van der Waals surface area contributed by atoms with Gasteiger partial charge < -0.3 is 4.74 Å². The van der Waals surface area contributed by atoms with Crippen LogP contribution < -0.4 is 0 Å². The molecule has 24 heavy (non-hydrogen) atoms. The molecule has 1 aromatic rings. The van der Waals surface area contributed by atoms with Crippen molar-refractivity contribution in [3.8, 4) is 0 Å². The van der Waals surface area contributed by atoms with Gasteiger partial charge in [0, 0.05) is 0 Å². The van der Waals surface area contributed by atoms with Crippen molar-refractivity contribution in [3.05, 3.63) is 35.9 Å². The van der Waals surface area contributed by atoms with E-state index in [2.05, 4.69) is 0 Å². The maximum atomic E-state index is 12.5. The highest BCUT2D eigenvalue weighted by atomic mass is 16.7. The second-order valence-corrected chi connectivity index (χ2v) is 7.69. The molecule has 1 spiro atoms. The van der Waals surface area contributed by atoms with Crippen molar-refractivity contribution in [1.82, 2.24) is 5.06 Å². The number of ether oxygens (including phenoxy) is 1. The topological polar surface area (TPSA) is 55.8 Å². The fraction of sp³-hybridized carbons (Fsp3) is 0.579. The van der Waals surface area contributed by atoms with Crippen molar-refractivity contribution in [2.24, 2.45) is 5.92 Å². The minimum atomic E-state index is -0.528. The maximum absolute atomic E-state index is 12.5. The monoisotopic (exact) mass is 331 g/mol. The van der Waals surface area contributed by atoms with Crippen molar-refractivity contribution in [2.75, 3.05) is 0 Å². The van der Waals surface area contributed by atoms with Crippen molar-refractivity contribution >= 4 is 11.9 Å². The minimum absolute atomic E-state index is 0.100. The quantitative estimate of drug-likeness (QED) is 0.614. The molecule has 5 nitrogen and oxygen atoms in total. The second-order valence-electron chi connectivity index (χ2n) is 7.69. The first-order valence-electron chi connectivity index (χ1n) is 8.55. The van der Waals surface area contributed by atoms with E-state index >= 15 is 0 Å². The summed E-state index contributed by atoms with van der Waals surface area (Å²) in [5.41, 5.74) is 0.193. The van der Waals surface area contributed by atoms with Gasteiger partial charge in [0.1, 0.15) is 12.2 Å². The molecule has 1 saturated heterocycles. The number of hydrogen-bond donors (Lipinski definition) is 0. The maximum Gasteiger partial charge on any atom is 0.307 e. The SMILES string of the molecule is CC(C)(C)OC(=O)CC1C(=O)N(OCc2ccccc2)C12CCC2. The number of β-lactam (4-membered cyclic amide) rings is 1. The lowest BCUT2D eigenvalue weighted by molar-refractivity contribution is -0.299. The molecule has 1 aliphatic heterocycles. The number of carbonyl (C=O) groups excluding carboxylic acids is 2. The average Bonchev–Trinajstić information content (AvgIpc) is 2.46. The molecule has 1 saturated carbocycles. The lowest BCUT2D eigenvalue weighted by atomic mass is 9.61. The summed E-state index contributed by atoms with van der Waals surface area (Å²) < 4.78 is 5.37. The Labute approximate surface area is 142 Å². The molecular weight excluding hydrogens is 306 g/mol. The molecule has 1 unspecified atom stereocenters. The van der Waals surface area contributed by atoms with Crippen molar-refractivity contribution in [3.63, 3.8) is 0 Å². The highest BCUT2D eigenvalue weighted by Gasteiger charge is 2.64. The third-order valence-electron chi connectivity index (χ3n) is 4.76. The Kier molecular flexibility index (Phi) is 4.38. The van der Waals surface area contributed by atoms with E-state index in [9.17, 15) is 9.59 Å². The lowest BCUT2D eigenvalue weighted by Gasteiger charge is -2.60. The summed E-state index contributed by atoms with van der Waals surface area (Å²) in [5, 5.41) is 1.51. The molecule has 1 aliphatic carbocycles. The predicted molar refractivity (Wildman–Crippen MR) is 88.6 cm³/mol. The summed E-state index contributed by atoms with van der Waals surface area (Å²) in [6.45, 7) is 5.87. The molecule has 1 atom stereocenters. The van der Waals surface area contributed by atoms with E-state index in [0.29, 0.717) is 6.61 Å². The molecule has 2 fully saturated rings. The van der Waals surface area contributed by atoms with Gasteiger partial charge in [-0.05, 0) is 45.6 Å². The number of carbonyl (C=O) groups is 2. The van der Waals surface area contributed by atoms with Crippen LogP contribution in [0.15, 0.2) is 30.3 Å². The number of nitrogens with zero attached hydrogens (tertiary/aromatic N) is 1. The van der Waals surface area contributed by atoms with Crippen LogP contribution in [0.2, 0.25) is 0 Å². The Morgan fingerprint density at radius 2 is 1.92 bits per heavy atom. The number of benzene rings is 1. The molecule has 0 aromatic heterocycles. The largest absolute Gasteiger partial charge is 0.460 e. The van der Waals surface area contributed by atoms with Gasteiger partial charge in [0.05, 0.1) is 17.9 Å².